The van der Waals surface area contributed by atoms with E-state index in [1.807, 2.05) is 0 Å². The quantitative estimate of drug-likeness (QED) is 0.416. The molecule has 2 aliphatic rings. The van der Waals surface area contributed by atoms with E-state index in [2.05, 4.69) is 106 Å². The van der Waals surface area contributed by atoms with Crippen molar-refractivity contribution >= 4 is 0 Å². The zero-order valence-electron chi connectivity index (χ0n) is 19.1. The Labute approximate surface area is 181 Å². The summed E-state index contributed by atoms with van der Waals surface area (Å²) in [5.74, 6) is 1.59. The fourth-order valence-corrected chi connectivity index (χ4v) is 6.49. The molecule has 0 amide bonds. The van der Waals surface area contributed by atoms with E-state index in [1.165, 1.54) is 52.8 Å². The second-order valence-electron chi connectivity index (χ2n) is 10.5. The van der Waals surface area contributed by atoms with Gasteiger partial charge in [-0.05, 0) is 77.2 Å². The van der Waals surface area contributed by atoms with Crippen molar-refractivity contribution in [1.29, 1.82) is 0 Å². The van der Waals surface area contributed by atoms with Crippen LogP contribution in [0, 0.1) is 23.7 Å². The molecule has 2 fully saturated rings. The van der Waals surface area contributed by atoms with Crippen molar-refractivity contribution < 1.29 is 4.57 Å². The lowest BCUT2D eigenvalue weighted by molar-refractivity contribution is -0.660. The SMILES string of the molecule is Cc1ccccc1-c1cc(-c2ccc(C3CC4CCC3(C)C4(C)C)cc2)cc[n+]1C. The molecule has 1 nitrogen and oxygen atoms in total. The van der Waals surface area contributed by atoms with Crippen LogP contribution in [0.5, 0.6) is 0 Å². The second-order valence-corrected chi connectivity index (χ2v) is 10.5. The largest absolute Gasteiger partial charge is 0.213 e. The molecule has 154 valence electrons. The Morgan fingerprint density at radius 1 is 0.900 bits per heavy atom. The van der Waals surface area contributed by atoms with E-state index in [0.717, 1.165) is 5.92 Å². The molecule has 0 N–H and O–H groups in total. The van der Waals surface area contributed by atoms with Gasteiger partial charge in [0.15, 0.2) is 6.20 Å². The summed E-state index contributed by atoms with van der Waals surface area (Å²) >= 11 is 0. The van der Waals surface area contributed by atoms with Gasteiger partial charge < -0.3 is 0 Å². The van der Waals surface area contributed by atoms with Crippen LogP contribution < -0.4 is 4.57 Å². The minimum Gasteiger partial charge on any atom is -0.201 e. The highest BCUT2D eigenvalue weighted by Crippen LogP contribution is 2.70. The molecule has 1 heterocycles. The molecule has 3 unspecified atom stereocenters. The van der Waals surface area contributed by atoms with Crippen molar-refractivity contribution in [1.82, 2.24) is 0 Å². The number of aryl methyl sites for hydroxylation is 2. The summed E-state index contributed by atoms with van der Waals surface area (Å²) in [6.07, 6.45) is 6.35. The Balaban J connectivity index is 1.47. The molecular weight excluding hydrogens is 362 g/mol. The lowest BCUT2D eigenvalue weighted by atomic mass is 9.65. The van der Waals surface area contributed by atoms with E-state index in [4.69, 9.17) is 0 Å². The van der Waals surface area contributed by atoms with Crippen LogP contribution in [-0.4, -0.2) is 0 Å². The second kappa shape index (κ2) is 6.80. The van der Waals surface area contributed by atoms with Gasteiger partial charge in [-0.1, -0.05) is 63.2 Å². The lowest BCUT2D eigenvalue weighted by Crippen LogP contribution is -2.31. The first-order chi connectivity index (χ1) is 14.3. The maximum absolute atomic E-state index is 2.55. The van der Waals surface area contributed by atoms with Gasteiger partial charge in [0.1, 0.15) is 7.05 Å². The zero-order chi connectivity index (χ0) is 21.1. The van der Waals surface area contributed by atoms with Crippen LogP contribution in [-0.2, 0) is 7.05 Å². The monoisotopic (exact) mass is 396 g/mol. The highest BCUT2D eigenvalue weighted by atomic mass is 14.9. The first-order valence-corrected chi connectivity index (χ1v) is 11.5. The van der Waals surface area contributed by atoms with Gasteiger partial charge in [0, 0.05) is 17.7 Å². The lowest BCUT2D eigenvalue weighted by Gasteiger charge is -2.39. The summed E-state index contributed by atoms with van der Waals surface area (Å²) in [7, 11) is 2.13. The van der Waals surface area contributed by atoms with E-state index in [9.17, 15) is 0 Å². The summed E-state index contributed by atoms with van der Waals surface area (Å²) < 4.78 is 2.22. The summed E-state index contributed by atoms with van der Waals surface area (Å²) in [5.41, 5.74) is 8.92. The van der Waals surface area contributed by atoms with Crippen LogP contribution in [0.4, 0.5) is 0 Å². The minimum absolute atomic E-state index is 0.442. The molecule has 30 heavy (non-hydrogen) atoms. The van der Waals surface area contributed by atoms with Crippen LogP contribution in [0.15, 0.2) is 66.9 Å². The van der Waals surface area contributed by atoms with E-state index in [0.29, 0.717) is 16.7 Å². The van der Waals surface area contributed by atoms with Gasteiger partial charge in [-0.15, -0.1) is 0 Å². The Kier molecular flexibility index (Phi) is 4.43. The van der Waals surface area contributed by atoms with E-state index < -0.39 is 0 Å². The number of nitrogens with zero attached hydrogens (tertiary/aromatic N) is 1. The average Bonchev–Trinajstić information content (AvgIpc) is 3.08. The van der Waals surface area contributed by atoms with Crippen molar-refractivity contribution in [2.45, 2.75) is 52.9 Å². The van der Waals surface area contributed by atoms with Crippen molar-refractivity contribution in [3.05, 3.63) is 78.0 Å². The molecule has 5 rings (SSSR count). The number of benzene rings is 2. The first kappa shape index (κ1) is 19.5. The smallest absolute Gasteiger partial charge is 0.201 e. The highest BCUT2D eigenvalue weighted by molar-refractivity contribution is 5.70. The summed E-state index contributed by atoms with van der Waals surface area (Å²) in [5, 5.41) is 0. The van der Waals surface area contributed by atoms with Gasteiger partial charge in [-0.3, -0.25) is 0 Å². The Bertz CT molecular complexity index is 1090. The molecule has 3 atom stereocenters. The zero-order valence-corrected chi connectivity index (χ0v) is 19.1. The maximum Gasteiger partial charge on any atom is 0.213 e. The van der Waals surface area contributed by atoms with Crippen LogP contribution in [0.3, 0.4) is 0 Å². The summed E-state index contributed by atoms with van der Waals surface area (Å²) in [6.45, 7) is 9.75. The molecule has 1 aromatic heterocycles. The Hall–Kier alpha value is -2.41. The fraction of sp³-hybridized carbons (Fsp3) is 0.414. The Morgan fingerprint density at radius 2 is 1.63 bits per heavy atom. The molecule has 0 saturated heterocycles. The first-order valence-electron chi connectivity index (χ1n) is 11.5. The Morgan fingerprint density at radius 3 is 2.27 bits per heavy atom. The third-order valence-corrected chi connectivity index (χ3v) is 9.01. The van der Waals surface area contributed by atoms with Crippen molar-refractivity contribution in [2.24, 2.45) is 23.8 Å². The molecule has 2 aromatic carbocycles. The van der Waals surface area contributed by atoms with Crippen molar-refractivity contribution in [2.75, 3.05) is 0 Å². The highest BCUT2D eigenvalue weighted by Gasteiger charge is 2.61. The topological polar surface area (TPSA) is 3.88 Å². The van der Waals surface area contributed by atoms with Gasteiger partial charge in [0.25, 0.3) is 0 Å². The van der Waals surface area contributed by atoms with Gasteiger partial charge in [-0.25, -0.2) is 4.57 Å². The van der Waals surface area contributed by atoms with E-state index in [-0.39, 0.29) is 0 Å². The number of hydrogen-bond acceptors (Lipinski definition) is 0. The van der Waals surface area contributed by atoms with Crippen LogP contribution >= 0.6 is 0 Å². The number of hydrogen-bond donors (Lipinski definition) is 0. The summed E-state index contributed by atoms with van der Waals surface area (Å²) in [6, 6.07) is 22.7. The van der Waals surface area contributed by atoms with Crippen LogP contribution in [0.2, 0.25) is 0 Å². The molecule has 2 aliphatic carbocycles. The number of aromatic nitrogens is 1. The number of rotatable bonds is 3. The standard InChI is InChI=1S/C29H34N/c1-20-8-6-7-9-25(20)27-18-23(15-17-30(27)5)21-10-12-22(13-11-21)26-19-24-14-16-29(26,4)28(24,2)3/h6-13,15,17-18,24,26H,14,16,19H2,1-5H3/q+1. The van der Waals surface area contributed by atoms with E-state index in [1.54, 1.807) is 0 Å². The average molecular weight is 397 g/mol. The predicted octanol–water partition coefficient (Wildman–Crippen LogP) is 7.08. The molecule has 2 saturated carbocycles. The summed E-state index contributed by atoms with van der Waals surface area (Å²) in [4.78, 5) is 0. The molecule has 1 heteroatoms. The maximum atomic E-state index is 2.55. The van der Waals surface area contributed by atoms with Gasteiger partial charge >= 0.3 is 0 Å². The van der Waals surface area contributed by atoms with Crippen molar-refractivity contribution in [3.63, 3.8) is 0 Å². The molecule has 0 spiro atoms. The third kappa shape index (κ3) is 2.78. The molecule has 0 aliphatic heterocycles. The third-order valence-electron chi connectivity index (χ3n) is 9.01. The molecular formula is C29H34N+. The number of fused-ring (bicyclic) bond motifs is 2. The normalized spacial score (nSPS) is 26.8. The predicted molar refractivity (Wildman–Crippen MR) is 125 cm³/mol. The molecule has 0 radical (unpaired) electrons. The fourth-order valence-electron chi connectivity index (χ4n) is 6.49. The minimum atomic E-state index is 0.442. The molecule has 3 aromatic rings. The van der Waals surface area contributed by atoms with Crippen LogP contribution in [0.1, 0.15) is 57.1 Å². The van der Waals surface area contributed by atoms with E-state index >= 15 is 0 Å². The number of pyridine rings is 1. The van der Waals surface area contributed by atoms with Crippen LogP contribution in [0.25, 0.3) is 22.4 Å². The molecule has 2 bridgehead atoms. The van der Waals surface area contributed by atoms with Crippen molar-refractivity contribution in [3.8, 4) is 22.4 Å². The van der Waals surface area contributed by atoms with Gasteiger partial charge in [-0.2, -0.15) is 0 Å². The van der Waals surface area contributed by atoms with Gasteiger partial charge in [0.05, 0.1) is 0 Å². The van der Waals surface area contributed by atoms with Gasteiger partial charge in [0.2, 0.25) is 5.69 Å².